The summed E-state index contributed by atoms with van der Waals surface area (Å²) in [4.78, 5) is 20.1. The number of fused-ring (bicyclic) bond motifs is 3. The van der Waals surface area contributed by atoms with Crippen LogP contribution in [0.5, 0.6) is 0 Å². The number of benzene rings is 6. The Kier molecular flexibility index (Phi) is 7.74. The molecular weight excluding hydrogens is 635 g/mol. The molecular formula is C47H35N5. The molecule has 0 saturated heterocycles. The Balaban J connectivity index is 1.36. The van der Waals surface area contributed by atoms with Crippen molar-refractivity contribution in [2.75, 3.05) is 0 Å². The third-order valence-electron chi connectivity index (χ3n) is 9.78. The van der Waals surface area contributed by atoms with E-state index in [4.69, 9.17) is 19.9 Å². The summed E-state index contributed by atoms with van der Waals surface area (Å²) >= 11 is 0. The lowest BCUT2D eigenvalue weighted by atomic mass is 9.93. The van der Waals surface area contributed by atoms with Crippen molar-refractivity contribution in [1.29, 1.82) is 0 Å². The predicted octanol–water partition coefficient (Wildman–Crippen LogP) is 11.6. The van der Waals surface area contributed by atoms with Crippen LogP contribution in [0.25, 0.3) is 84.0 Å². The first-order valence-corrected chi connectivity index (χ1v) is 17.6. The summed E-state index contributed by atoms with van der Waals surface area (Å²) in [6.07, 6.45) is 1.83. The van der Waals surface area contributed by atoms with Gasteiger partial charge in [-0.1, -0.05) is 121 Å². The quantitative estimate of drug-likeness (QED) is 0.177. The predicted molar refractivity (Wildman–Crippen MR) is 213 cm³/mol. The van der Waals surface area contributed by atoms with Crippen molar-refractivity contribution in [1.82, 2.24) is 24.5 Å². The van der Waals surface area contributed by atoms with Gasteiger partial charge >= 0.3 is 0 Å². The van der Waals surface area contributed by atoms with Gasteiger partial charge in [-0.25, -0.2) is 15.0 Å². The first-order valence-electron chi connectivity index (χ1n) is 17.6. The second-order valence-electron chi connectivity index (χ2n) is 13.3. The second-order valence-corrected chi connectivity index (χ2v) is 13.3. The van der Waals surface area contributed by atoms with Crippen molar-refractivity contribution >= 4 is 21.8 Å². The van der Waals surface area contributed by atoms with E-state index in [1.54, 1.807) is 0 Å². The normalized spacial score (nSPS) is 11.4. The Bertz CT molecular complexity index is 2670. The highest BCUT2D eigenvalue weighted by Gasteiger charge is 2.21. The summed E-state index contributed by atoms with van der Waals surface area (Å²) in [5.41, 5.74) is 14.1. The number of nitrogens with zero attached hydrogens (tertiary/aromatic N) is 5. The molecule has 0 fully saturated rings. The molecule has 0 atom stereocenters. The molecule has 0 saturated carbocycles. The summed E-state index contributed by atoms with van der Waals surface area (Å²) < 4.78 is 2.37. The molecule has 248 valence electrons. The molecule has 0 spiro atoms. The zero-order chi connectivity index (χ0) is 35.2. The van der Waals surface area contributed by atoms with Gasteiger partial charge in [-0.15, -0.1) is 0 Å². The van der Waals surface area contributed by atoms with Gasteiger partial charge in [-0.3, -0.25) is 4.98 Å². The van der Waals surface area contributed by atoms with Crippen LogP contribution in [0.4, 0.5) is 0 Å². The van der Waals surface area contributed by atoms with Crippen LogP contribution in [0.3, 0.4) is 0 Å². The van der Waals surface area contributed by atoms with Gasteiger partial charge in [0.25, 0.3) is 0 Å². The number of aryl methyl sites for hydroxylation is 3. The summed E-state index contributed by atoms with van der Waals surface area (Å²) in [5.74, 6) is 1.83. The molecule has 5 nitrogen and oxygen atoms in total. The average Bonchev–Trinajstić information content (AvgIpc) is 3.51. The lowest BCUT2D eigenvalue weighted by molar-refractivity contribution is 1.06. The SMILES string of the molecule is Cc1cc(C)c(-c2ccc3c4ccccc4n(-c4ccc(-c5ccccn5)cc4-c4nc(-c5ccccc5)nc(-c5ccccc5)n4)c3c2)c(C)c1. The zero-order valence-electron chi connectivity index (χ0n) is 29.2. The molecule has 0 unspecified atom stereocenters. The zero-order valence-corrected chi connectivity index (χ0v) is 29.2. The van der Waals surface area contributed by atoms with Crippen molar-refractivity contribution in [2.45, 2.75) is 20.8 Å². The van der Waals surface area contributed by atoms with Crippen molar-refractivity contribution in [3.05, 3.63) is 175 Å². The second kappa shape index (κ2) is 12.9. The van der Waals surface area contributed by atoms with Gasteiger partial charge in [-0.05, 0) is 79.4 Å². The highest BCUT2D eigenvalue weighted by molar-refractivity contribution is 6.11. The maximum absolute atomic E-state index is 5.21. The van der Waals surface area contributed by atoms with Crippen LogP contribution < -0.4 is 0 Å². The van der Waals surface area contributed by atoms with Crippen molar-refractivity contribution in [3.63, 3.8) is 0 Å². The molecule has 0 N–H and O–H groups in total. The van der Waals surface area contributed by atoms with Crippen molar-refractivity contribution in [3.8, 4) is 62.2 Å². The lowest BCUT2D eigenvalue weighted by Gasteiger charge is -2.17. The molecule has 3 heterocycles. The highest BCUT2D eigenvalue weighted by atomic mass is 15.1. The fourth-order valence-electron chi connectivity index (χ4n) is 7.55. The third kappa shape index (κ3) is 5.53. The molecule has 0 radical (unpaired) electrons. The minimum atomic E-state index is 0.591. The molecule has 3 aromatic heterocycles. The monoisotopic (exact) mass is 669 g/mol. The van der Waals surface area contributed by atoms with Crippen LogP contribution in [0.15, 0.2) is 158 Å². The van der Waals surface area contributed by atoms with Gasteiger partial charge in [0.1, 0.15) is 0 Å². The van der Waals surface area contributed by atoms with E-state index >= 15 is 0 Å². The minimum Gasteiger partial charge on any atom is -0.308 e. The van der Waals surface area contributed by atoms with E-state index < -0.39 is 0 Å². The number of rotatable bonds is 6. The van der Waals surface area contributed by atoms with Gasteiger partial charge in [0.15, 0.2) is 17.5 Å². The number of hydrogen-bond acceptors (Lipinski definition) is 4. The van der Waals surface area contributed by atoms with E-state index in [0.717, 1.165) is 44.7 Å². The minimum absolute atomic E-state index is 0.591. The molecule has 6 aromatic carbocycles. The summed E-state index contributed by atoms with van der Waals surface area (Å²) in [6.45, 7) is 6.58. The van der Waals surface area contributed by atoms with Crippen LogP contribution in [0.1, 0.15) is 16.7 Å². The first kappa shape index (κ1) is 31.3. The van der Waals surface area contributed by atoms with Gasteiger partial charge in [0, 0.05) is 39.2 Å². The van der Waals surface area contributed by atoms with E-state index in [-0.39, 0.29) is 0 Å². The first-order chi connectivity index (χ1) is 25.5. The van der Waals surface area contributed by atoms with Crippen molar-refractivity contribution in [2.24, 2.45) is 0 Å². The lowest BCUT2D eigenvalue weighted by Crippen LogP contribution is -2.04. The molecule has 9 rings (SSSR count). The largest absolute Gasteiger partial charge is 0.308 e. The van der Waals surface area contributed by atoms with E-state index in [0.29, 0.717) is 17.5 Å². The molecule has 0 bridgehead atoms. The number of hydrogen-bond donors (Lipinski definition) is 0. The maximum atomic E-state index is 5.21. The van der Waals surface area contributed by atoms with Gasteiger partial charge in [-0.2, -0.15) is 0 Å². The number of para-hydroxylation sites is 1. The topological polar surface area (TPSA) is 56.5 Å². The smallest absolute Gasteiger partial charge is 0.166 e. The highest BCUT2D eigenvalue weighted by Crippen LogP contribution is 2.40. The van der Waals surface area contributed by atoms with Gasteiger partial charge in [0.05, 0.1) is 22.4 Å². The van der Waals surface area contributed by atoms with E-state index in [2.05, 4.69) is 98.1 Å². The number of aromatic nitrogens is 5. The third-order valence-corrected chi connectivity index (χ3v) is 9.78. The van der Waals surface area contributed by atoms with Crippen LogP contribution in [-0.4, -0.2) is 24.5 Å². The average molecular weight is 670 g/mol. The van der Waals surface area contributed by atoms with Crippen LogP contribution in [0.2, 0.25) is 0 Å². The molecule has 0 aliphatic carbocycles. The molecule has 9 aromatic rings. The molecule has 0 amide bonds. The van der Waals surface area contributed by atoms with Crippen LogP contribution in [-0.2, 0) is 0 Å². The molecule has 0 aliphatic rings. The van der Waals surface area contributed by atoms with E-state index in [1.165, 1.54) is 38.6 Å². The standard InChI is InChI=1S/C47H35N5/c1-30-26-31(2)44(32(3)27-30)36-21-23-38-37-18-10-11-20-41(37)52(43(38)29-36)42-24-22-35(40-19-12-13-25-48-40)28-39(42)47-50-45(33-14-6-4-7-15-33)49-46(51-47)34-16-8-5-9-17-34/h4-29H,1-3H3. The van der Waals surface area contributed by atoms with Crippen LogP contribution in [0, 0.1) is 20.8 Å². The molecule has 52 heavy (non-hydrogen) atoms. The Labute approximate surface area is 303 Å². The number of pyridine rings is 1. The van der Waals surface area contributed by atoms with Crippen LogP contribution >= 0.6 is 0 Å². The fraction of sp³-hybridized carbons (Fsp3) is 0.0638. The Morgan fingerprint density at radius 1 is 0.442 bits per heavy atom. The van der Waals surface area contributed by atoms with E-state index in [1.807, 2.05) is 85.1 Å². The Morgan fingerprint density at radius 2 is 1.04 bits per heavy atom. The Hall–Kier alpha value is -6.72. The summed E-state index contributed by atoms with van der Waals surface area (Å²) in [5, 5.41) is 2.37. The summed E-state index contributed by atoms with van der Waals surface area (Å²) in [7, 11) is 0. The molecule has 5 heteroatoms. The van der Waals surface area contributed by atoms with Gasteiger partial charge in [0.2, 0.25) is 0 Å². The maximum Gasteiger partial charge on any atom is 0.166 e. The Morgan fingerprint density at radius 3 is 1.71 bits per heavy atom. The summed E-state index contributed by atoms with van der Waals surface area (Å²) in [6, 6.07) is 52.8. The fourth-order valence-corrected chi connectivity index (χ4v) is 7.55. The van der Waals surface area contributed by atoms with E-state index in [9.17, 15) is 0 Å². The van der Waals surface area contributed by atoms with Gasteiger partial charge < -0.3 is 4.57 Å². The van der Waals surface area contributed by atoms with Crippen molar-refractivity contribution < 1.29 is 0 Å². The molecule has 0 aliphatic heterocycles.